The van der Waals surface area contributed by atoms with Gasteiger partial charge in [-0.05, 0) is 24.1 Å². The van der Waals surface area contributed by atoms with Crippen LogP contribution in [-0.2, 0) is 13.5 Å². The molecule has 1 atom stereocenters. The number of fused-ring (bicyclic) bond motifs is 1. The van der Waals surface area contributed by atoms with Crippen molar-refractivity contribution in [3.8, 4) is 23.4 Å². The van der Waals surface area contributed by atoms with Crippen LogP contribution in [0.15, 0.2) is 40.1 Å². The number of hydrogen-bond acceptors (Lipinski definition) is 7. The van der Waals surface area contributed by atoms with Gasteiger partial charge in [-0.2, -0.15) is 10.4 Å². The van der Waals surface area contributed by atoms with Crippen molar-refractivity contribution in [2.24, 2.45) is 12.8 Å². The van der Waals surface area contributed by atoms with Gasteiger partial charge in [0.25, 0.3) is 0 Å². The second-order valence-electron chi connectivity index (χ2n) is 6.32. The Labute approximate surface area is 155 Å². The van der Waals surface area contributed by atoms with Gasteiger partial charge in [-0.25, -0.2) is 4.68 Å². The lowest BCUT2D eigenvalue weighted by Gasteiger charge is -2.24. The summed E-state index contributed by atoms with van der Waals surface area (Å²) >= 11 is 0. The molecule has 4 rings (SSSR count). The first-order valence-electron chi connectivity index (χ1n) is 8.57. The highest BCUT2D eigenvalue weighted by molar-refractivity contribution is 5.59. The minimum Gasteiger partial charge on any atom is -0.422 e. The molecule has 0 aliphatic carbocycles. The molecule has 0 amide bonds. The first kappa shape index (κ1) is 16.8. The van der Waals surface area contributed by atoms with Crippen molar-refractivity contribution in [1.29, 1.82) is 5.26 Å². The molecule has 8 nitrogen and oxygen atoms in total. The van der Waals surface area contributed by atoms with Crippen LogP contribution >= 0.6 is 0 Å². The van der Waals surface area contributed by atoms with Crippen LogP contribution in [0, 0.1) is 18.3 Å². The first-order chi connectivity index (χ1) is 13.0. The van der Waals surface area contributed by atoms with Crippen LogP contribution in [0.1, 0.15) is 35.6 Å². The molecule has 0 saturated carbocycles. The summed E-state index contributed by atoms with van der Waals surface area (Å²) < 4.78 is 12.8. The van der Waals surface area contributed by atoms with Gasteiger partial charge in [0.05, 0.1) is 17.2 Å². The summed E-state index contributed by atoms with van der Waals surface area (Å²) in [6.45, 7) is 3.77. The molecular weight excluding hydrogens is 344 g/mol. The summed E-state index contributed by atoms with van der Waals surface area (Å²) in [6, 6.07) is 9.86. The van der Waals surface area contributed by atoms with Crippen LogP contribution < -0.4 is 10.5 Å². The van der Waals surface area contributed by atoms with E-state index in [4.69, 9.17) is 14.9 Å². The predicted octanol–water partition coefficient (Wildman–Crippen LogP) is 2.56. The van der Waals surface area contributed by atoms with Crippen molar-refractivity contribution < 1.29 is 9.15 Å². The molecule has 1 aliphatic heterocycles. The number of nitrogens with zero attached hydrogens (tertiary/aromatic N) is 5. The molecule has 0 fully saturated rings. The van der Waals surface area contributed by atoms with Gasteiger partial charge in [0.2, 0.25) is 23.5 Å². The second kappa shape index (κ2) is 6.29. The molecule has 0 spiro atoms. The lowest BCUT2D eigenvalue weighted by atomic mass is 9.83. The van der Waals surface area contributed by atoms with Crippen molar-refractivity contribution in [3.63, 3.8) is 0 Å². The maximum absolute atomic E-state index is 9.70. The molecular formula is C19H18N6O2. The Balaban J connectivity index is 1.83. The molecule has 3 aromatic rings. The average molecular weight is 362 g/mol. The third-order valence-electron chi connectivity index (χ3n) is 4.63. The molecule has 27 heavy (non-hydrogen) atoms. The van der Waals surface area contributed by atoms with Crippen molar-refractivity contribution in [2.45, 2.75) is 26.2 Å². The number of nitriles is 1. The highest BCUT2D eigenvalue weighted by Crippen LogP contribution is 2.44. The smallest absolute Gasteiger partial charge is 0.247 e. The Morgan fingerprint density at radius 1 is 1.26 bits per heavy atom. The van der Waals surface area contributed by atoms with Crippen LogP contribution in [0.3, 0.4) is 0 Å². The van der Waals surface area contributed by atoms with Gasteiger partial charge in [-0.15, -0.1) is 10.2 Å². The van der Waals surface area contributed by atoms with E-state index in [1.165, 1.54) is 0 Å². The highest BCUT2D eigenvalue weighted by atomic mass is 16.5. The molecule has 1 aromatic carbocycles. The van der Waals surface area contributed by atoms with Crippen molar-refractivity contribution in [2.75, 3.05) is 0 Å². The SMILES string of the molecule is CCc1nn(C)c2c1C(c1ccc(-c3nnc(C)o3)cc1)C(C#N)=C(N)O2. The quantitative estimate of drug-likeness (QED) is 0.761. The zero-order valence-electron chi connectivity index (χ0n) is 15.2. The van der Waals surface area contributed by atoms with E-state index in [1.807, 2.05) is 31.2 Å². The minimum atomic E-state index is -0.333. The fourth-order valence-corrected chi connectivity index (χ4v) is 3.38. The Morgan fingerprint density at radius 2 is 2.00 bits per heavy atom. The number of allylic oxidation sites excluding steroid dienone is 1. The second-order valence-corrected chi connectivity index (χ2v) is 6.32. The lowest BCUT2D eigenvalue weighted by Crippen LogP contribution is -2.22. The van der Waals surface area contributed by atoms with Crippen molar-refractivity contribution in [1.82, 2.24) is 20.0 Å². The van der Waals surface area contributed by atoms with Crippen LogP contribution in [0.25, 0.3) is 11.5 Å². The minimum absolute atomic E-state index is 0.109. The molecule has 2 N–H and O–H groups in total. The Morgan fingerprint density at radius 3 is 2.59 bits per heavy atom. The summed E-state index contributed by atoms with van der Waals surface area (Å²) in [6.07, 6.45) is 0.723. The number of hydrogen-bond donors (Lipinski definition) is 1. The van der Waals surface area contributed by atoms with Crippen LogP contribution in [-0.4, -0.2) is 20.0 Å². The highest BCUT2D eigenvalue weighted by Gasteiger charge is 2.35. The fraction of sp³-hybridized carbons (Fsp3) is 0.263. The lowest BCUT2D eigenvalue weighted by molar-refractivity contribution is 0.358. The van der Waals surface area contributed by atoms with Crippen molar-refractivity contribution >= 4 is 0 Å². The summed E-state index contributed by atoms with van der Waals surface area (Å²) in [7, 11) is 1.81. The molecule has 3 heterocycles. The first-order valence-corrected chi connectivity index (χ1v) is 8.57. The van der Waals surface area contributed by atoms with E-state index >= 15 is 0 Å². The standard InChI is InChI=1S/C19H18N6O2/c1-4-14-16-15(13(9-20)17(21)27-19(16)25(3)24-14)11-5-7-12(8-6-11)18-23-22-10(2)26-18/h5-8,15H,4,21H2,1-3H3. The largest absolute Gasteiger partial charge is 0.422 e. The zero-order chi connectivity index (χ0) is 19.1. The summed E-state index contributed by atoms with van der Waals surface area (Å²) in [5.74, 6) is 1.31. The average Bonchev–Trinajstić information content (AvgIpc) is 3.24. The monoisotopic (exact) mass is 362 g/mol. The Bertz CT molecular complexity index is 1080. The molecule has 8 heteroatoms. The summed E-state index contributed by atoms with van der Waals surface area (Å²) in [5.41, 5.74) is 9.91. The van der Waals surface area contributed by atoms with Crippen LogP contribution in [0.2, 0.25) is 0 Å². The Hall–Kier alpha value is -3.60. The molecule has 1 unspecified atom stereocenters. The van der Waals surface area contributed by atoms with E-state index in [-0.39, 0.29) is 11.8 Å². The van der Waals surface area contributed by atoms with Crippen molar-refractivity contribution in [3.05, 3.63) is 58.4 Å². The summed E-state index contributed by atoms with van der Waals surface area (Å²) in [4.78, 5) is 0. The molecule has 0 saturated heterocycles. The van der Waals surface area contributed by atoms with E-state index in [2.05, 4.69) is 21.4 Å². The molecule has 2 aromatic heterocycles. The Kier molecular flexibility index (Phi) is 3.92. The maximum Gasteiger partial charge on any atom is 0.247 e. The van der Waals surface area contributed by atoms with Gasteiger partial charge >= 0.3 is 0 Å². The fourth-order valence-electron chi connectivity index (χ4n) is 3.38. The molecule has 0 bridgehead atoms. The van der Waals surface area contributed by atoms with Gasteiger partial charge in [0.1, 0.15) is 11.6 Å². The van der Waals surface area contributed by atoms with E-state index in [0.717, 1.165) is 28.8 Å². The van der Waals surface area contributed by atoms with Gasteiger partial charge in [0.15, 0.2) is 0 Å². The van der Waals surface area contributed by atoms with Crippen LogP contribution in [0.5, 0.6) is 5.88 Å². The van der Waals surface area contributed by atoms with Gasteiger partial charge in [-0.1, -0.05) is 19.1 Å². The predicted molar refractivity (Wildman–Crippen MR) is 96.4 cm³/mol. The van der Waals surface area contributed by atoms with Gasteiger partial charge < -0.3 is 14.9 Å². The number of rotatable bonds is 3. The van der Waals surface area contributed by atoms with E-state index in [0.29, 0.717) is 23.2 Å². The van der Waals surface area contributed by atoms with E-state index in [1.54, 1.807) is 18.7 Å². The number of ether oxygens (including phenoxy) is 1. The summed E-state index contributed by atoms with van der Waals surface area (Å²) in [5, 5.41) is 22.1. The molecule has 1 aliphatic rings. The third-order valence-corrected chi connectivity index (χ3v) is 4.63. The molecule has 0 radical (unpaired) electrons. The maximum atomic E-state index is 9.70. The van der Waals surface area contributed by atoms with E-state index in [9.17, 15) is 5.26 Å². The third kappa shape index (κ3) is 2.64. The number of aromatic nitrogens is 4. The topological polar surface area (TPSA) is 116 Å². The molecule has 136 valence electrons. The van der Waals surface area contributed by atoms with Gasteiger partial charge in [0, 0.05) is 19.5 Å². The van der Waals surface area contributed by atoms with E-state index < -0.39 is 0 Å². The van der Waals surface area contributed by atoms with Gasteiger partial charge in [-0.3, -0.25) is 0 Å². The zero-order valence-corrected chi connectivity index (χ0v) is 15.2. The van der Waals surface area contributed by atoms with Crippen LogP contribution in [0.4, 0.5) is 0 Å². The number of aryl methyl sites for hydroxylation is 3. The number of nitrogens with two attached hydrogens (primary N) is 1. The number of benzene rings is 1. The normalized spacial score (nSPS) is 16.0.